The van der Waals surface area contributed by atoms with E-state index in [1.165, 1.54) is 44.3 Å². The molecule has 0 aliphatic heterocycles. The van der Waals surface area contributed by atoms with Gasteiger partial charge >= 0.3 is 0 Å². The Morgan fingerprint density at radius 3 is 1.43 bits per heavy atom. The van der Waals surface area contributed by atoms with Crippen LogP contribution in [0.2, 0.25) is 0 Å². The summed E-state index contributed by atoms with van der Waals surface area (Å²) in [6.45, 7) is 0. The van der Waals surface area contributed by atoms with Crippen molar-refractivity contribution in [3.05, 3.63) is 71.8 Å². The minimum Gasteiger partial charge on any atom is -0.296 e. The van der Waals surface area contributed by atoms with Crippen LogP contribution in [0.4, 0.5) is 10.3 Å². The monoisotopic (exact) mass is 472 g/mol. The molecule has 30 heavy (non-hydrogen) atoms. The molecule has 0 atom stereocenters. The lowest BCUT2D eigenvalue weighted by atomic mass is 10.2. The fraction of sp³-hybridized carbons (Fsp3) is 0. The van der Waals surface area contributed by atoms with Crippen molar-refractivity contribution in [2.45, 2.75) is 8.68 Å². The van der Waals surface area contributed by atoms with Crippen molar-refractivity contribution in [1.29, 1.82) is 0 Å². The van der Waals surface area contributed by atoms with E-state index in [1.807, 2.05) is 12.1 Å². The lowest BCUT2D eigenvalue weighted by molar-refractivity contribution is 0.101. The van der Waals surface area contributed by atoms with Crippen LogP contribution < -0.4 is 10.6 Å². The molecular formula is C18H12N6O2S4. The smallest absolute Gasteiger partial charge is 0.257 e. The number of amides is 2. The van der Waals surface area contributed by atoms with Crippen molar-refractivity contribution in [1.82, 2.24) is 20.4 Å². The van der Waals surface area contributed by atoms with Crippen LogP contribution >= 0.6 is 44.3 Å². The van der Waals surface area contributed by atoms with Gasteiger partial charge in [0.2, 0.25) is 10.3 Å². The standard InChI is InChI=1S/C18H12N6O2S4/c25-13(11-7-3-1-4-8-11)19-15-21-23-17(27-15)29-30-18-24-22-16(28-18)20-14(26)12-9-5-2-6-10-12/h1-10H,(H,19,21,25)(H,20,22,26). The van der Waals surface area contributed by atoms with E-state index in [9.17, 15) is 9.59 Å². The maximum atomic E-state index is 12.2. The summed E-state index contributed by atoms with van der Waals surface area (Å²) in [5.74, 6) is -0.474. The van der Waals surface area contributed by atoms with E-state index in [0.717, 1.165) is 0 Å². The van der Waals surface area contributed by atoms with E-state index in [1.54, 1.807) is 48.5 Å². The predicted octanol–water partition coefficient (Wildman–Crippen LogP) is 4.69. The fourth-order valence-corrected chi connectivity index (χ4v) is 6.01. The summed E-state index contributed by atoms with van der Waals surface area (Å²) in [7, 11) is 2.70. The second-order valence-electron chi connectivity index (χ2n) is 5.55. The molecule has 0 aliphatic carbocycles. The highest BCUT2D eigenvalue weighted by Gasteiger charge is 2.13. The molecule has 2 aromatic carbocycles. The van der Waals surface area contributed by atoms with Gasteiger partial charge in [0.05, 0.1) is 0 Å². The largest absolute Gasteiger partial charge is 0.296 e. The first-order chi connectivity index (χ1) is 14.7. The molecule has 2 aromatic heterocycles. The number of hydrogen-bond donors (Lipinski definition) is 2. The van der Waals surface area contributed by atoms with Crippen LogP contribution in [0.15, 0.2) is 69.3 Å². The van der Waals surface area contributed by atoms with Gasteiger partial charge < -0.3 is 0 Å². The minimum atomic E-state index is -0.237. The predicted molar refractivity (Wildman–Crippen MR) is 120 cm³/mol. The highest BCUT2D eigenvalue weighted by Crippen LogP contribution is 2.41. The summed E-state index contributed by atoms with van der Waals surface area (Å²) < 4.78 is 1.32. The fourth-order valence-electron chi connectivity index (χ4n) is 2.18. The first kappa shape index (κ1) is 20.5. The second kappa shape index (κ2) is 9.80. The van der Waals surface area contributed by atoms with Crippen LogP contribution in [-0.2, 0) is 0 Å². The number of aromatic nitrogens is 4. The molecule has 150 valence electrons. The summed E-state index contributed by atoms with van der Waals surface area (Å²) in [5.41, 5.74) is 1.10. The van der Waals surface area contributed by atoms with E-state index in [2.05, 4.69) is 31.0 Å². The number of hydrogen-bond acceptors (Lipinski definition) is 10. The molecule has 0 saturated carbocycles. The zero-order valence-corrected chi connectivity index (χ0v) is 18.3. The van der Waals surface area contributed by atoms with Gasteiger partial charge in [0, 0.05) is 11.1 Å². The molecular weight excluding hydrogens is 461 g/mol. The normalized spacial score (nSPS) is 10.5. The quantitative estimate of drug-likeness (QED) is 0.294. The number of rotatable bonds is 7. The molecule has 0 unspecified atom stereocenters. The zero-order valence-electron chi connectivity index (χ0n) is 15.0. The highest BCUT2D eigenvalue weighted by atomic mass is 33.1. The van der Waals surface area contributed by atoms with Gasteiger partial charge in [-0.05, 0) is 45.9 Å². The van der Waals surface area contributed by atoms with E-state index in [0.29, 0.717) is 30.1 Å². The van der Waals surface area contributed by atoms with Crippen molar-refractivity contribution in [2.75, 3.05) is 10.6 Å². The SMILES string of the molecule is O=C(Nc1nnc(SSc2nnc(NC(=O)c3ccccc3)s2)s1)c1ccccc1. The van der Waals surface area contributed by atoms with E-state index in [4.69, 9.17) is 0 Å². The van der Waals surface area contributed by atoms with Crippen LogP contribution in [-0.4, -0.2) is 32.2 Å². The second-order valence-corrected chi connectivity index (χ2v) is 10.1. The number of benzene rings is 2. The third-order valence-electron chi connectivity index (χ3n) is 3.51. The summed E-state index contributed by atoms with van der Waals surface area (Å²) >= 11 is 2.53. The summed E-state index contributed by atoms with van der Waals surface area (Å²) in [4.78, 5) is 24.3. The van der Waals surface area contributed by atoms with Gasteiger partial charge in [-0.25, -0.2) is 0 Å². The molecule has 0 radical (unpaired) electrons. The Bertz CT molecular complexity index is 1060. The molecule has 2 heterocycles. The average molecular weight is 473 g/mol. The molecule has 8 nitrogen and oxygen atoms in total. The van der Waals surface area contributed by atoms with E-state index >= 15 is 0 Å². The zero-order chi connectivity index (χ0) is 20.8. The maximum Gasteiger partial charge on any atom is 0.257 e. The Morgan fingerprint density at radius 1 is 0.633 bits per heavy atom. The number of carbonyl (C=O) groups is 2. The first-order valence-corrected chi connectivity index (χ1v) is 12.2. The third-order valence-corrected chi connectivity index (χ3v) is 8.14. The van der Waals surface area contributed by atoms with Crippen molar-refractivity contribution >= 4 is 66.3 Å². The number of nitrogens with one attached hydrogen (secondary N) is 2. The van der Waals surface area contributed by atoms with Gasteiger partial charge in [0.1, 0.15) is 0 Å². The van der Waals surface area contributed by atoms with Crippen molar-refractivity contribution < 1.29 is 9.59 Å². The van der Waals surface area contributed by atoms with E-state index < -0.39 is 0 Å². The minimum absolute atomic E-state index is 0.237. The van der Waals surface area contributed by atoms with Crippen LogP contribution in [0.5, 0.6) is 0 Å². The summed E-state index contributed by atoms with van der Waals surface area (Å²) in [5, 5.41) is 22.4. The Labute approximate surface area is 186 Å². The van der Waals surface area contributed by atoms with Gasteiger partial charge in [-0.1, -0.05) is 59.1 Å². The van der Waals surface area contributed by atoms with Gasteiger partial charge in [-0.2, -0.15) is 0 Å². The Kier molecular flexibility index (Phi) is 6.69. The Balaban J connectivity index is 1.29. The van der Waals surface area contributed by atoms with Crippen molar-refractivity contribution in [3.8, 4) is 0 Å². The molecule has 4 rings (SSSR count). The number of anilines is 2. The molecule has 2 amide bonds. The topological polar surface area (TPSA) is 110 Å². The summed E-state index contributed by atoms with van der Waals surface area (Å²) in [6.07, 6.45) is 0. The number of nitrogens with zero attached hydrogens (tertiary/aromatic N) is 4. The molecule has 0 spiro atoms. The molecule has 2 N–H and O–H groups in total. The van der Waals surface area contributed by atoms with Crippen molar-refractivity contribution in [2.24, 2.45) is 0 Å². The van der Waals surface area contributed by atoms with Gasteiger partial charge in [0.25, 0.3) is 11.8 Å². The molecule has 0 aliphatic rings. The molecule has 12 heteroatoms. The van der Waals surface area contributed by atoms with Crippen LogP contribution in [0.3, 0.4) is 0 Å². The summed E-state index contributed by atoms with van der Waals surface area (Å²) in [6, 6.07) is 17.8. The van der Waals surface area contributed by atoms with Crippen LogP contribution in [0, 0.1) is 0 Å². The van der Waals surface area contributed by atoms with Crippen LogP contribution in [0.25, 0.3) is 0 Å². The first-order valence-electron chi connectivity index (χ1n) is 8.42. The molecule has 4 aromatic rings. The molecule has 0 saturated heterocycles. The van der Waals surface area contributed by atoms with E-state index in [-0.39, 0.29) is 11.8 Å². The van der Waals surface area contributed by atoms with Crippen LogP contribution in [0.1, 0.15) is 20.7 Å². The van der Waals surface area contributed by atoms with Crippen molar-refractivity contribution in [3.63, 3.8) is 0 Å². The lowest BCUT2D eigenvalue weighted by Gasteiger charge is -1.99. The Morgan fingerprint density at radius 2 is 1.03 bits per heavy atom. The maximum absolute atomic E-state index is 12.2. The Hall–Kier alpha value is -2.80. The highest BCUT2D eigenvalue weighted by molar-refractivity contribution is 8.77. The average Bonchev–Trinajstić information content (AvgIpc) is 3.42. The van der Waals surface area contributed by atoms with Gasteiger partial charge in [0.15, 0.2) is 8.68 Å². The van der Waals surface area contributed by atoms with Gasteiger partial charge in [-0.15, -0.1) is 20.4 Å². The third kappa shape index (κ3) is 5.42. The van der Waals surface area contributed by atoms with Gasteiger partial charge in [-0.3, -0.25) is 20.2 Å². The molecule has 0 bridgehead atoms. The number of carbonyl (C=O) groups excluding carboxylic acids is 2. The molecule has 0 fully saturated rings. The lowest BCUT2D eigenvalue weighted by Crippen LogP contribution is -2.11.